The van der Waals surface area contributed by atoms with E-state index in [1.165, 1.54) is 44.9 Å². The Morgan fingerprint density at radius 3 is 2.45 bits per heavy atom. The van der Waals surface area contributed by atoms with Crippen molar-refractivity contribution in [2.45, 2.75) is 111 Å². The number of ether oxygens (including phenoxy) is 1. The zero-order valence-electron chi connectivity index (χ0n) is 20.8. The minimum atomic E-state index is -0.290. The fraction of sp³-hybridized carbons (Fsp3) is 1.00. The highest BCUT2D eigenvalue weighted by Gasteiger charge is 2.60. The van der Waals surface area contributed by atoms with E-state index >= 15 is 0 Å². The predicted octanol–water partition coefficient (Wildman–Crippen LogP) is 6.36. The van der Waals surface area contributed by atoms with Gasteiger partial charge in [-0.15, -0.1) is 0 Å². The summed E-state index contributed by atoms with van der Waals surface area (Å²) in [6, 6.07) is 0. The standard InChI is InChI=1S/C27H48O4/c1-6-29-19(3)31-30-16-13-18(2)23-9-10-24-22-8-7-20-17-21(28)11-14-26(20,4)25(22)12-15-27(23,24)5/h18-25,28H,6-17H2,1-5H3. The van der Waals surface area contributed by atoms with Crippen molar-refractivity contribution < 1.29 is 19.6 Å². The van der Waals surface area contributed by atoms with Crippen molar-refractivity contribution in [1.29, 1.82) is 0 Å². The van der Waals surface area contributed by atoms with Gasteiger partial charge in [0.2, 0.25) is 0 Å². The maximum Gasteiger partial charge on any atom is 0.188 e. The molecule has 4 nitrogen and oxygen atoms in total. The molecule has 31 heavy (non-hydrogen) atoms. The number of aliphatic hydroxyl groups is 1. The molecule has 4 heteroatoms. The highest BCUT2D eigenvalue weighted by molar-refractivity contribution is 5.09. The van der Waals surface area contributed by atoms with Gasteiger partial charge in [-0.1, -0.05) is 20.8 Å². The first-order chi connectivity index (χ1) is 14.8. The summed E-state index contributed by atoms with van der Waals surface area (Å²) in [5, 5.41) is 10.3. The summed E-state index contributed by atoms with van der Waals surface area (Å²) in [7, 11) is 0. The second-order valence-corrected chi connectivity index (χ2v) is 12.0. The van der Waals surface area contributed by atoms with Gasteiger partial charge in [0.15, 0.2) is 6.29 Å². The van der Waals surface area contributed by atoms with Crippen molar-refractivity contribution in [3.8, 4) is 0 Å². The molecule has 0 amide bonds. The van der Waals surface area contributed by atoms with E-state index in [0.717, 1.165) is 48.9 Å². The molecule has 0 aliphatic heterocycles. The van der Waals surface area contributed by atoms with Crippen LogP contribution in [-0.2, 0) is 14.5 Å². The van der Waals surface area contributed by atoms with Gasteiger partial charge in [-0.2, -0.15) is 0 Å². The zero-order valence-corrected chi connectivity index (χ0v) is 20.8. The first-order valence-electron chi connectivity index (χ1n) is 13.4. The minimum Gasteiger partial charge on any atom is -0.393 e. The molecule has 4 rings (SSSR count). The summed E-state index contributed by atoms with van der Waals surface area (Å²) in [5.74, 6) is 4.95. The van der Waals surface area contributed by atoms with Gasteiger partial charge in [-0.05, 0) is 124 Å². The summed E-state index contributed by atoms with van der Waals surface area (Å²) in [4.78, 5) is 10.8. The summed E-state index contributed by atoms with van der Waals surface area (Å²) in [5.41, 5.74) is 0.979. The quantitative estimate of drug-likeness (QED) is 0.208. The van der Waals surface area contributed by atoms with Crippen molar-refractivity contribution in [2.75, 3.05) is 13.2 Å². The molecule has 1 N–H and O–H groups in total. The summed E-state index contributed by atoms with van der Waals surface area (Å²) in [6.07, 6.45) is 12.5. The van der Waals surface area contributed by atoms with Gasteiger partial charge in [0.1, 0.15) is 0 Å². The number of rotatable bonds is 8. The van der Waals surface area contributed by atoms with E-state index in [1.54, 1.807) is 0 Å². The molecule has 4 fully saturated rings. The third-order valence-electron chi connectivity index (χ3n) is 10.7. The van der Waals surface area contributed by atoms with Gasteiger partial charge in [0, 0.05) is 6.61 Å². The van der Waals surface area contributed by atoms with Crippen molar-refractivity contribution >= 4 is 0 Å². The lowest BCUT2D eigenvalue weighted by Crippen LogP contribution is -2.54. The van der Waals surface area contributed by atoms with Crippen LogP contribution in [0, 0.1) is 46.3 Å². The van der Waals surface area contributed by atoms with Gasteiger partial charge >= 0.3 is 0 Å². The molecule has 0 aromatic heterocycles. The number of hydrogen-bond donors (Lipinski definition) is 1. The van der Waals surface area contributed by atoms with E-state index < -0.39 is 0 Å². The van der Waals surface area contributed by atoms with Gasteiger partial charge < -0.3 is 9.84 Å². The molecule has 4 aliphatic rings. The molecule has 10 atom stereocenters. The highest BCUT2D eigenvalue weighted by atomic mass is 17.2. The van der Waals surface area contributed by atoms with Crippen LogP contribution in [0.3, 0.4) is 0 Å². The Morgan fingerprint density at radius 1 is 0.935 bits per heavy atom. The van der Waals surface area contributed by atoms with Crippen LogP contribution in [0.25, 0.3) is 0 Å². The molecule has 180 valence electrons. The molecule has 0 heterocycles. The van der Waals surface area contributed by atoms with E-state index in [2.05, 4.69) is 20.8 Å². The second kappa shape index (κ2) is 9.60. The molecule has 0 aromatic carbocycles. The van der Waals surface area contributed by atoms with Crippen LogP contribution in [0.1, 0.15) is 98.8 Å². The van der Waals surface area contributed by atoms with Crippen molar-refractivity contribution in [2.24, 2.45) is 46.3 Å². The average Bonchev–Trinajstić information content (AvgIpc) is 3.09. The van der Waals surface area contributed by atoms with Crippen molar-refractivity contribution in [3.63, 3.8) is 0 Å². The van der Waals surface area contributed by atoms with Crippen LogP contribution in [-0.4, -0.2) is 30.7 Å². The first-order valence-corrected chi connectivity index (χ1v) is 13.4. The molecule has 0 aromatic rings. The Bertz CT molecular complexity index is 596. The van der Waals surface area contributed by atoms with E-state index in [0.29, 0.717) is 30.0 Å². The normalized spacial score (nSPS) is 46.6. The predicted molar refractivity (Wildman–Crippen MR) is 123 cm³/mol. The van der Waals surface area contributed by atoms with Crippen LogP contribution < -0.4 is 0 Å². The van der Waals surface area contributed by atoms with Gasteiger partial charge in [0.05, 0.1) is 12.7 Å². The lowest BCUT2D eigenvalue weighted by molar-refractivity contribution is -0.373. The van der Waals surface area contributed by atoms with Gasteiger partial charge in [0.25, 0.3) is 0 Å². The van der Waals surface area contributed by atoms with Crippen LogP contribution in [0.5, 0.6) is 0 Å². The monoisotopic (exact) mass is 436 g/mol. The molecule has 0 spiro atoms. The first kappa shape index (κ1) is 24.0. The highest BCUT2D eigenvalue weighted by Crippen LogP contribution is 2.68. The van der Waals surface area contributed by atoms with Gasteiger partial charge in [-0.25, -0.2) is 9.78 Å². The third-order valence-corrected chi connectivity index (χ3v) is 10.7. The molecule has 4 saturated carbocycles. The van der Waals surface area contributed by atoms with Crippen LogP contribution in [0.4, 0.5) is 0 Å². The Kier molecular flexibility index (Phi) is 7.43. The summed E-state index contributed by atoms with van der Waals surface area (Å²) in [6.45, 7) is 12.8. The number of aliphatic hydroxyl groups excluding tert-OH is 1. The maximum atomic E-state index is 10.3. The molecule has 0 bridgehead atoms. The van der Waals surface area contributed by atoms with E-state index in [4.69, 9.17) is 14.5 Å². The van der Waals surface area contributed by atoms with Crippen LogP contribution in [0.15, 0.2) is 0 Å². The lowest BCUT2D eigenvalue weighted by atomic mass is 9.44. The Morgan fingerprint density at radius 2 is 1.68 bits per heavy atom. The van der Waals surface area contributed by atoms with E-state index in [-0.39, 0.29) is 12.4 Å². The van der Waals surface area contributed by atoms with Crippen molar-refractivity contribution in [1.82, 2.24) is 0 Å². The number of fused-ring (bicyclic) bond motifs is 5. The van der Waals surface area contributed by atoms with Crippen LogP contribution in [0.2, 0.25) is 0 Å². The molecule has 10 unspecified atom stereocenters. The Hall–Kier alpha value is -0.160. The molecule has 0 radical (unpaired) electrons. The third kappa shape index (κ3) is 4.48. The molecule has 0 saturated heterocycles. The molecular weight excluding hydrogens is 388 g/mol. The summed E-state index contributed by atoms with van der Waals surface area (Å²) < 4.78 is 5.38. The second-order valence-electron chi connectivity index (χ2n) is 12.0. The van der Waals surface area contributed by atoms with Gasteiger partial charge in [-0.3, -0.25) is 0 Å². The average molecular weight is 437 g/mol. The lowest BCUT2D eigenvalue weighted by Gasteiger charge is -2.61. The minimum absolute atomic E-state index is 0.0390. The fourth-order valence-electron chi connectivity index (χ4n) is 9.05. The zero-order chi connectivity index (χ0) is 22.2. The van der Waals surface area contributed by atoms with Crippen LogP contribution >= 0.6 is 0 Å². The van der Waals surface area contributed by atoms with E-state index in [9.17, 15) is 5.11 Å². The molecular formula is C27H48O4. The summed E-state index contributed by atoms with van der Waals surface area (Å²) >= 11 is 0. The van der Waals surface area contributed by atoms with Crippen molar-refractivity contribution in [3.05, 3.63) is 0 Å². The smallest absolute Gasteiger partial charge is 0.188 e. The maximum absolute atomic E-state index is 10.3. The topological polar surface area (TPSA) is 47.9 Å². The SMILES string of the molecule is CCOC(C)OOCCC(C)C1CCC2C3CCC4CC(O)CCC4(C)C3CCC12C. The number of hydrogen-bond acceptors (Lipinski definition) is 4. The Labute approximate surface area is 190 Å². The largest absolute Gasteiger partial charge is 0.393 e. The Balaban J connectivity index is 1.36. The fourth-order valence-corrected chi connectivity index (χ4v) is 9.05. The molecule has 4 aliphatic carbocycles. The van der Waals surface area contributed by atoms with E-state index in [1.807, 2.05) is 13.8 Å².